The lowest BCUT2D eigenvalue weighted by Gasteiger charge is -2.32. The van der Waals surface area contributed by atoms with Crippen molar-refractivity contribution >= 4 is 17.3 Å². The molecule has 0 bridgehead atoms. The van der Waals surface area contributed by atoms with Gasteiger partial charge in [-0.3, -0.25) is 0 Å². The Morgan fingerprint density at radius 2 is 2.00 bits per heavy atom. The third-order valence-electron chi connectivity index (χ3n) is 3.48. The maximum Gasteiger partial charge on any atom is 0.148 e. The second-order valence-electron chi connectivity index (χ2n) is 4.53. The van der Waals surface area contributed by atoms with Crippen LogP contribution in [0.25, 0.3) is 0 Å². The van der Waals surface area contributed by atoms with Crippen LogP contribution in [0.4, 0.5) is 10.1 Å². The normalized spacial score (nSPS) is 22.5. The highest BCUT2D eigenvalue weighted by atomic mass is 35.5. The lowest BCUT2D eigenvalue weighted by Crippen LogP contribution is -2.38. The smallest absolute Gasteiger partial charge is 0.148 e. The predicted molar refractivity (Wildman–Crippen MR) is 61.5 cm³/mol. The fraction of sp³-hybridized carbons (Fsp3) is 0.500. The van der Waals surface area contributed by atoms with Gasteiger partial charge in [0.05, 0.1) is 22.9 Å². The summed E-state index contributed by atoms with van der Waals surface area (Å²) in [5.74, 6) is -0.236. The fourth-order valence-electron chi connectivity index (χ4n) is 2.32. The summed E-state index contributed by atoms with van der Waals surface area (Å²) in [5, 5.41) is 0.493. The molecule has 0 aliphatic carbocycles. The van der Waals surface area contributed by atoms with E-state index < -0.39 is 0 Å². The fourth-order valence-corrected chi connectivity index (χ4v) is 2.60. The van der Waals surface area contributed by atoms with Crippen LogP contribution in [-0.2, 0) is 4.74 Å². The highest BCUT2D eigenvalue weighted by molar-refractivity contribution is 6.33. The molecular formula is C12H13ClFNO. The number of anilines is 1. The zero-order chi connectivity index (χ0) is 11.2. The summed E-state index contributed by atoms with van der Waals surface area (Å²) >= 11 is 6.04. The zero-order valence-electron chi connectivity index (χ0n) is 8.88. The molecule has 1 spiro atoms. The summed E-state index contributed by atoms with van der Waals surface area (Å²) < 4.78 is 19.1. The number of nitrogens with zero attached hydrogens (tertiary/aromatic N) is 1. The first-order valence-corrected chi connectivity index (χ1v) is 5.91. The largest absolute Gasteiger partial charge is 0.369 e. The number of para-hydroxylation sites is 1. The van der Waals surface area contributed by atoms with Gasteiger partial charge in [0.1, 0.15) is 5.82 Å². The Labute approximate surface area is 99.0 Å². The molecule has 2 fully saturated rings. The number of hydrogen-bond acceptors (Lipinski definition) is 2. The maximum atomic E-state index is 13.7. The van der Waals surface area contributed by atoms with Crippen LogP contribution < -0.4 is 4.90 Å². The Hall–Kier alpha value is -0.800. The van der Waals surface area contributed by atoms with Crippen LogP contribution in [0, 0.1) is 5.82 Å². The first kappa shape index (κ1) is 10.4. The molecule has 0 N–H and O–H groups in total. The molecule has 0 atom stereocenters. The van der Waals surface area contributed by atoms with Crippen molar-refractivity contribution in [2.75, 3.05) is 24.6 Å². The summed E-state index contributed by atoms with van der Waals surface area (Å²) in [6.45, 7) is 2.51. The minimum atomic E-state index is -0.236. The molecule has 3 rings (SSSR count). The van der Waals surface area contributed by atoms with E-state index in [1.54, 1.807) is 12.1 Å². The third kappa shape index (κ3) is 1.68. The molecule has 0 aromatic heterocycles. The van der Waals surface area contributed by atoms with E-state index in [1.807, 2.05) is 4.90 Å². The van der Waals surface area contributed by atoms with E-state index >= 15 is 0 Å². The van der Waals surface area contributed by atoms with Crippen LogP contribution in [0.15, 0.2) is 18.2 Å². The van der Waals surface area contributed by atoms with E-state index in [9.17, 15) is 4.39 Å². The summed E-state index contributed by atoms with van der Waals surface area (Å²) in [6, 6.07) is 4.83. The number of hydrogen-bond donors (Lipinski definition) is 0. The Morgan fingerprint density at radius 3 is 2.56 bits per heavy atom. The molecule has 0 unspecified atom stereocenters. The van der Waals surface area contributed by atoms with E-state index in [-0.39, 0.29) is 11.4 Å². The van der Waals surface area contributed by atoms with Crippen molar-refractivity contribution in [1.29, 1.82) is 0 Å². The first-order chi connectivity index (χ1) is 7.70. The maximum absolute atomic E-state index is 13.7. The van der Waals surface area contributed by atoms with Gasteiger partial charge in [0.25, 0.3) is 0 Å². The minimum Gasteiger partial charge on any atom is -0.369 e. The van der Waals surface area contributed by atoms with Crippen molar-refractivity contribution in [3.63, 3.8) is 0 Å². The van der Waals surface area contributed by atoms with E-state index in [1.165, 1.54) is 6.07 Å². The van der Waals surface area contributed by atoms with Gasteiger partial charge < -0.3 is 9.64 Å². The highest BCUT2D eigenvalue weighted by Crippen LogP contribution is 2.40. The van der Waals surface area contributed by atoms with Crippen molar-refractivity contribution < 1.29 is 9.13 Å². The van der Waals surface area contributed by atoms with Crippen molar-refractivity contribution in [1.82, 2.24) is 0 Å². The molecular weight excluding hydrogens is 229 g/mol. The van der Waals surface area contributed by atoms with Gasteiger partial charge in [-0.15, -0.1) is 0 Å². The molecule has 1 aromatic rings. The van der Waals surface area contributed by atoms with E-state index in [4.69, 9.17) is 16.3 Å². The van der Waals surface area contributed by atoms with Gasteiger partial charge in [-0.2, -0.15) is 0 Å². The van der Waals surface area contributed by atoms with Gasteiger partial charge in [-0.25, -0.2) is 4.39 Å². The monoisotopic (exact) mass is 241 g/mol. The van der Waals surface area contributed by atoms with Gasteiger partial charge in [0.15, 0.2) is 0 Å². The van der Waals surface area contributed by atoms with E-state index in [2.05, 4.69) is 0 Å². The molecule has 2 nitrogen and oxygen atoms in total. The molecule has 4 heteroatoms. The van der Waals surface area contributed by atoms with Crippen LogP contribution in [-0.4, -0.2) is 25.3 Å². The highest BCUT2D eigenvalue weighted by Gasteiger charge is 2.46. The SMILES string of the molecule is Fc1cccc(Cl)c1N1CCC2(CC1)CO2. The van der Waals surface area contributed by atoms with Gasteiger partial charge in [-0.1, -0.05) is 17.7 Å². The summed E-state index contributed by atoms with van der Waals surface area (Å²) in [5.41, 5.74) is 0.661. The molecule has 16 heavy (non-hydrogen) atoms. The molecule has 0 saturated carbocycles. The second kappa shape index (κ2) is 3.60. The van der Waals surface area contributed by atoms with Crippen LogP contribution >= 0.6 is 11.6 Å². The molecule has 0 radical (unpaired) electrons. The van der Waals surface area contributed by atoms with E-state index in [0.717, 1.165) is 32.5 Å². The first-order valence-electron chi connectivity index (χ1n) is 5.53. The molecule has 2 heterocycles. The second-order valence-corrected chi connectivity index (χ2v) is 4.94. The molecule has 0 amide bonds. The standard InChI is InChI=1S/C12H13ClFNO/c13-9-2-1-3-10(14)11(9)15-6-4-12(5-7-15)8-16-12/h1-3H,4-8H2. The van der Waals surface area contributed by atoms with E-state index in [0.29, 0.717) is 10.7 Å². The molecule has 2 aliphatic heterocycles. The Morgan fingerprint density at radius 1 is 1.31 bits per heavy atom. The number of benzene rings is 1. The molecule has 86 valence electrons. The zero-order valence-corrected chi connectivity index (χ0v) is 9.63. The van der Waals surface area contributed by atoms with Crippen molar-refractivity contribution in [3.05, 3.63) is 29.0 Å². The minimum absolute atomic E-state index is 0.119. The quantitative estimate of drug-likeness (QED) is 0.703. The average Bonchev–Trinajstić information content (AvgIpc) is 3.01. The average molecular weight is 242 g/mol. The lowest BCUT2D eigenvalue weighted by molar-refractivity contribution is 0.258. The number of rotatable bonds is 1. The van der Waals surface area contributed by atoms with Crippen LogP contribution in [0.1, 0.15) is 12.8 Å². The third-order valence-corrected chi connectivity index (χ3v) is 3.79. The molecule has 2 saturated heterocycles. The van der Waals surface area contributed by atoms with Crippen molar-refractivity contribution in [3.8, 4) is 0 Å². The van der Waals surface area contributed by atoms with Gasteiger partial charge in [-0.05, 0) is 25.0 Å². The summed E-state index contributed by atoms with van der Waals surface area (Å²) in [4.78, 5) is 2.02. The van der Waals surface area contributed by atoms with Gasteiger partial charge in [0, 0.05) is 13.1 Å². The number of ether oxygens (including phenoxy) is 1. The topological polar surface area (TPSA) is 15.8 Å². The van der Waals surface area contributed by atoms with Crippen molar-refractivity contribution in [2.45, 2.75) is 18.4 Å². The van der Waals surface area contributed by atoms with Gasteiger partial charge >= 0.3 is 0 Å². The predicted octanol–water partition coefficient (Wildman–Crippen LogP) is 2.85. The Bertz CT molecular complexity index is 389. The summed E-state index contributed by atoms with van der Waals surface area (Å²) in [6.07, 6.45) is 1.94. The number of epoxide rings is 1. The van der Waals surface area contributed by atoms with Crippen molar-refractivity contribution in [2.24, 2.45) is 0 Å². The van der Waals surface area contributed by atoms with Crippen LogP contribution in [0.3, 0.4) is 0 Å². The number of halogens is 2. The van der Waals surface area contributed by atoms with Gasteiger partial charge in [0.2, 0.25) is 0 Å². The van der Waals surface area contributed by atoms with Crippen LogP contribution in [0.2, 0.25) is 5.02 Å². The molecule has 2 aliphatic rings. The Balaban J connectivity index is 1.82. The van der Waals surface area contributed by atoms with Crippen LogP contribution in [0.5, 0.6) is 0 Å². The number of piperidine rings is 1. The Kier molecular flexibility index (Phi) is 2.33. The summed E-state index contributed by atoms with van der Waals surface area (Å²) in [7, 11) is 0. The lowest BCUT2D eigenvalue weighted by atomic mass is 9.97. The molecule has 1 aromatic carbocycles.